The molecule has 0 aromatic heterocycles. The standard InChI is InChI=1S/C22H26ClN3O3/c1-29-20-7-2-4-17(12-20)15-24-21(27)13-16-8-10-26(11-9-16)22(28)25-19-6-3-5-18(23)14-19/h2-7,12,14,16H,8-11,13,15H2,1H3,(H,24,27)(H,25,28). The van der Waals surface area contributed by atoms with Crippen LogP contribution in [0.3, 0.4) is 0 Å². The maximum absolute atomic E-state index is 12.4. The normalized spacial score (nSPS) is 14.3. The highest BCUT2D eigenvalue weighted by Gasteiger charge is 2.24. The van der Waals surface area contributed by atoms with Gasteiger partial charge in [0, 0.05) is 36.8 Å². The van der Waals surface area contributed by atoms with E-state index in [2.05, 4.69) is 10.6 Å². The number of amides is 3. The number of nitrogens with zero attached hydrogens (tertiary/aromatic N) is 1. The Hall–Kier alpha value is -2.73. The van der Waals surface area contributed by atoms with Crippen LogP contribution in [0.4, 0.5) is 10.5 Å². The average molecular weight is 416 g/mol. The van der Waals surface area contributed by atoms with Crippen molar-refractivity contribution in [1.29, 1.82) is 0 Å². The number of carbonyl (C=O) groups excluding carboxylic acids is 2. The Morgan fingerprint density at radius 1 is 1.14 bits per heavy atom. The lowest BCUT2D eigenvalue weighted by Crippen LogP contribution is -2.41. The third-order valence-electron chi connectivity index (χ3n) is 5.08. The van der Waals surface area contributed by atoms with Gasteiger partial charge in [-0.15, -0.1) is 0 Å². The molecule has 0 bridgehead atoms. The molecule has 1 aliphatic heterocycles. The molecule has 6 nitrogen and oxygen atoms in total. The number of nitrogens with one attached hydrogen (secondary N) is 2. The molecular formula is C22H26ClN3O3. The third kappa shape index (κ3) is 6.39. The van der Waals surface area contributed by atoms with Crippen molar-refractivity contribution < 1.29 is 14.3 Å². The van der Waals surface area contributed by atoms with Gasteiger partial charge < -0.3 is 20.3 Å². The number of likely N-dealkylation sites (tertiary alicyclic amines) is 1. The Morgan fingerprint density at radius 3 is 2.62 bits per heavy atom. The van der Waals surface area contributed by atoms with Gasteiger partial charge in [0.2, 0.25) is 5.91 Å². The first kappa shape index (κ1) is 21.0. The van der Waals surface area contributed by atoms with E-state index in [-0.39, 0.29) is 17.9 Å². The van der Waals surface area contributed by atoms with Crippen LogP contribution in [0.2, 0.25) is 5.02 Å². The Kier molecular flexibility index (Phi) is 7.36. The Labute approximate surface area is 176 Å². The first-order valence-corrected chi connectivity index (χ1v) is 10.1. The summed E-state index contributed by atoms with van der Waals surface area (Å²) in [6.45, 7) is 1.76. The second-order valence-electron chi connectivity index (χ2n) is 7.20. The second kappa shape index (κ2) is 10.2. The summed E-state index contributed by atoms with van der Waals surface area (Å²) in [5, 5.41) is 6.42. The lowest BCUT2D eigenvalue weighted by Gasteiger charge is -2.31. The number of benzene rings is 2. The van der Waals surface area contributed by atoms with Crippen LogP contribution in [0, 0.1) is 5.92 Å². The fourth-order valence-electron chi connectivity index (χ4n) is 3.43. The zero-order chi connectivity index (χ0) is 20.6. The summed E-state index contributed by atoms with van der Waals surface area (Å²) < 4.78 is 5.20. The van der Waals surface area contributed by atoms with Crippen molar-refractivity contribution in [1.82, 2.24) is 10.2 Å². The first-order valence-electron chi connectivity index (χ1n) is 9.74. The van der Waals surface area contributed by atoms with Crippen molar-refractivity contribution in [3.05, 3.63) is 59.1 Å². The molecule has 3 rings (SSSR count). The third-order valence-corrected chi connectivity index (χ3v) is 5.31. The molecule has 1 saturated heterocycles. The van der Waals surface area contributed by atoms with E-state index in [1.807, 2.05) is 30.3 Å². The minimum absolute atomic E-state index is 0.0367. The second-order valence-corrected chi connectivity index (χ2v) is 7.64. The van der Waals surface area contributed by atoms with Gasteiger partial charge in [-0.25, -0.2) is 4.79 Å². The molecule has 0 spiro atoms. The molecule has 0 aliphatic carbocycles. The fourth-order valence-corrected chi connectivity index (χ4v) is 3.62. The number of rotatable bonds is 6. The van der Waals surface area contributed by atoms with E-state index in [0.29, 0.717) is 36.8 Å². The highest BCUT2D eigenvalue weighted by atomic mass is 35.5. The van der Waals surface area contributed by atoms with Gasteiger partial charge >= 0.3 is 6.03 Å². The predicted octanol–water partition coefficient (Wildman–Crippen LogP) is 4.30. The summed E-state index contributed by atoms with van der Waals surface area (Å²) in [4.78, 5) is 26.5. The molecule has 2 aromatic rings. The number of methoxy groups -OCH3 is 1. The molecule has 3 amide bonds. The Balaban J connectivity index is 1.39. The summed E-state index contributed by atoms with van der Waals surface area (Å²) in [6, 6.07) is 14.6. The van der Waals surface area contributed by atoms with E-state index < -0.39 is 0 Å². The van der Waals surface area contributed by atoms with Crippen LogP contribution < -0.4 is 15.4 Å². The van der Waals surface area contributed by atoms with Gasteiger partial charge in [-0.05, 0) is 54.7 Å². The van der Waals surface area contributed by atoms with E-state index in [1.54, 1.807) is 30.2 Å². The molecular weight excluding hydrogens is 390 g/mol. The highest BCUT2D eigenvalue weighted by Crippen LogP contribution is 2.22. The molecule has 1 heterocycles. The van der Waals surface area contributed by atoms with Crippen LogP contribution in [-0.4, -0.2) is 37.0 Å². The zero-order valence-corrected chi connectivity index (χ0v) is 17.2. The quantitative estimate of drug-likeness (QED) is 0.738. The molecule has 0 saturated carbocycles. The molecule has 7 heteroatoms. The summed E-state index contributed by atoms with van der Waals surface area (Å²) in [6.07, 6.45) is 2.11. The Bertz CT molecular complexity index is 851. The van der Waals surface area contributed by atoms with Gasteiger partial charge in [0.1, 0.15) is 5.75 Å². The van der Waals surface area contributed by atoms with E-state index in [4.69, 9.17) is 16.3 Å². The number of carbonyl (C=O) groups is 2. The molecule has 2 aromatic carbocycles. The van der Waals surface area contributed by atoms with E-state index >= 15 is 0 Å². The van der Waals surface area contributed by atoms with E-state index in [0.717, 1.165) is 24.2 Å². The summed E-state index contributed by atoms with van der Waals surface area (Å²) in [5.74, 6) is 1.10. The number of ether oxygens (including phenoxy) is 1. The van der Waals surface area contributed by atoms with Gasteiger partial charge in [0.15, 0.2) is 0 Å². The molecule has 0 radical (unpaired) electrons. The number of halogens is 1. The predicted molar refractivity (Wildman–Crippen MR) is 114 cm³/mol. The zero-order valence-electron chi connectivity index (χ0n) is 16.5. The highest BCUT2D eigenvalue weighted by molar-refractivity contribution is 6.30. The lowest BCUT2D eigenvalue weighted by atomic mass is 9.93. The molecule has 154 valence electrons. The van der Waals surface area contributed by atoms with Crippen LogP contribution in [0.25, 0.3) is 0 Å². The molecule has 2 N–H and O–H groups in total. The van der Waals surface area contributed by atoms with Crippen LogP contribution in [-0.2, 0) is 11.3 Å². The van der Waals surface area contributed by atoms with Crippen molar-refractivity contribution >= 4 is 29.2 Å². The molecule has 0 atom stereocenters. The number of hydrogen-bond acceptors (Lipinski definition) is 3. The molecule has 29 heavy (non-hydrogen) atoms. The number of piperidine rings is 1. The Morgan fingerprint density at radius 2 is 1.90 bits per heavy atom. The SMILES string of the molecule is COc1cccc(CNC(=O)CC2CCN(C(=O)Nc3cccc(Cl)c3)CC2)c1. The van der Waals surface area contributed by atoms with Gasteiger partial charge in [-0.2, -0.15) is 0 Å². The minimum atomic E-state index is -0.131. The van der Waals surface area contributed by atoms with Crippen molar-refractivity contribution in [3.63, 3.8) is 0 Å². The minimum Gasteiger partial charge on any atom is -0.497 e. The number of anilines is 1. The molecule has 0 unspecified atom stereocenters. The summed E-state index contributed by atoms with van der Waals surface area (Å²) in [5.41, 5.74) is 1.69. The van der Waals surface area contributed by atoms with Crippen molar-refractivity contribution in [2.45, 2.75) is 25.8 Å². The largest absolute Gasteiger partial charge is 0.497 e. The number of hydrogen-bond donors (Lipinski definition) is 2. The van der Waals surface area contributed by atoms with Crippen LogP contribution in [0.15, 0.2) is 48.5 Å². The van der Waals surface area contributed by atoms with E-state index in [1.165, 1.54) is 0 Å². The summed E-state index contributed by atoms with van der Waals surface area (Å²) in [7, 11) is 1.62. The lowest BCUT2D eigenvalue weighted by molar-refractivity contribution is -0.122. The van der Waals surface area contributed by atoms with Crippen LogP contribution >= 0.6 is 11.6 Å². The number of urea groups is 1. The van der Waals surface area contributed by atoms with Crippen molar-refractivity contribution in [2.75, 3.05) is 25.5 Å². The maximum Gasteiger partial charge on any atom is 0.321 e. The fraction of sp³-hybridized carbons (Fsp3) is 0.364. The van der Waals surface area contributed by atoms with Gasteiger partial charge in [0.05, 0.1) is 7.11 Å². The van der Waals surface area contributed by atoms with Gasteiger partial charge in [-0.3, -0.25) is 4.79 Å². The molecule has 1 fully saturated rings. The smallest absolute Gasteiger partial charge is 0.321 e. The molecule has 1 aliphatic rings. The van der Waals surface area contributed by atoms with Crippen LogP contribution in [0.1, 0.15) is 24.8 Å². The van der Waals surface area contributed by atoms with Gasteiger partial charge in [0.25, 0.3) is 0 Å². The first-order chi connectivity index (χ1) is 14.0. The monoisotopic (exact) mass is 415 g/mol. The van der Waals surface area contributed by atoms with Gasteiger partial charge in [-0.1, -0.05) is 29.8 Å². The topological polar surface area (TPSA) is 70.7 Å². The maximum atomic E-state index is 12.4. The average Bonchev–Trinajstić information content (AvgIpc) is 2.73. The summed E-state index contributed by atoms with van der Waals surface area (Å²) >= 11 is 5.95. The van der Waals surface area contributed by atoms with Crippen molar-refractivity contribution in [3.8, 4) is 5.75 Å². The van der Waals surface area contributed by atoms with E-state index in [9.17, 15) is 9.59 Å². The van der Waals surface area contributed by atoms with Crippen LogP contribution in [0.5, 0.6) is 5.75 Å². The van der Waals surface area contributed by atoms with Crippen molar-refractivity contribution in [2.24, 2.45) is 5.92 Å².